The number of rotatable bonds is 6. The van der Waals surface area contributed by atoms with Crippen LogP contribution in [0, 0.1) is 0 Å². The van der Waals surface area contributed by atoms with Gasteiger partial charge in [-0.25, -0.2) is 4.79 Å². The number of carboxylic acids is 1. The number of hydrogen-bond donors (Lipinski definition) is 2. The summed E-state index contributed by atoms with van der Waals surface area (Å²) in [6, 6.07) is 12.3. The maximum atomic E-state index is 12.6. The summed E-state index contributed by atoms with van der Waals surface area (Å²) in [6.45, 7) is 0. The van der Waals surface area contributed by atoms with Crippen molar-refractivity contribution in [2.24, 2.45) is 5.16 Å². The Balaban J connectivity index is 2.32. The van der Waals surface area contributed by atoms with E-state index in [2.05, 4.69) is 10.6 Å². The number of nitrogens with zero attached hydrogens (tertiary/aromatic N) is 1. The van der Waals surface area contributed by atoms with Gasteiger partial charge in [0.1, 0.15) is 18.3 Å². The number of fused-ring (bicyclic) bond motifs is 2. The van der Waals surface area contributed by atoms with Crippen molar-refractivity contribution >= 4 is 40.3 Å². The van der Waals surface area contributed by atoms with Crippen LogP contribution in [-0.2, 0) is 9.68 Å². The summed E-state index contributed by atoms with van der Waals surface area (Å²) < 4.78 is 6.11. The number of carboxylic acid groups (broad SMARTS) is 1. The molecular formula is C24H18N2O7. The Hall–Kier alpha value is -4.50. The lowest BCUT2D eigenvalue weighted by Gasteiger charge is -2.14. The van der Waals surface area contributed by atoms with E-state index in [1.165, 1.54) is 44.8 Å². The van der Waals surface area contributed by atoms with Gasteiger partial charge in [0, 0.05) is 22.5 Å². The molecule has 0 amide bonds. The van der Waals surface area contributed by atoms with Crippen molar-refractivity contribution in [1.82, 2.24) is 5.48 Å². The van der Waals surface area contributed by atoms with Crippen molar-refractivity contribution in [1.29, 1.82) is 0 Å². The number of benzene rings is 3. The van der Waals surface area contributed by atoms with Crippen LogP contribution in [-0.4, -0.2) is 31.5 Å². The van der Waals surface area contributed by atoms with Crippen molar-refractivity contribution in [2.45, 2.75) is 0 Å². The van der Waals surface area contributed by atoms with Gasteiger partial charge in [-0.3, -0.25) is 19.9 Å². The predicted molar refractivity (Wildman–Crippen MR) is 123 cm³/mol. The Morgan fingerprint density at radius 3 is 2.39 bits per heavy atom. The average molecular weight is 446 g/mol. The predicted octanol–water partition coefficient (Wildman–Crippen LogP) is 2.26. The zero-order valence-corrected chi connectivity index (χ0v) is 17.6. The molecule has 4 aromatic rings. The normalized spacial score (nSPS) is 12.0. The van der Waals surface area contributed by atoms with Crippen molar-refractivity contribution in [3.63, 3.8) is 0 Å². The van der Waals surface area contributed by atoms with Crippen LogP contribution in [0.15, 0.2) is 67.7 Å². The van der Waals surface area contributed by atoms with Crippen LogP contribution in [0.4, 0.5) is 0 Å². The van der Waals surface area contributed by atoms with E-state index in [0.29, 0.717) is 21.9 Å². The maximum Gasteiger partial charge on any atom is 0.336 e. The Morgan fingerprint density at radius 2 is 1.70 bits per heavy atom. The van der Waals surface area contributed by atoms with Gasteiger partial charge in [0.05, 0.1) is 29.7 Å². The fraction of sp³-hybridized carbons (Fsp3) is 0.0833. The van der Waals surface area contributed by atoms with E-state index in [9.17, 15) is 19.5 Å². The second-order valence-corrected chi connectivity index (χ2v) is 6.92. The highest BCUT2D eigenvalue weighted by Gasteiger charge is 2.21. The highest BCUT2D eigenvalue weighted by molar-refractivity contribution is 6.14. The molecule has 9 nitrogen and oxygen atoms in total. The van der Waals surface area contributed by atoms with Crippen molar-refractivity contribution in [2.75, 3.05) is 14.2 Å². The monoisotopic (exact) mass is 446 g/mol. The Kier molecular flexibility index (Phi) is 5.88. The summed E-state index contributed by atoms with van der Waals surface area (Å²) in [7, 11) is 2.72. The zero-order valence-electron chi connectivity index (χ0n) is 17.6. The molecule has 0 fully saturated rings. The van der Waals surface area contributed by atoms with Crippen molar-refractivity contribution < 1.29 is 24.0 Å². The molecule has 0 aliphatic heterocycles. The molecule has 1 heterocycles. The number of hydroxylamine groups is 1. The molecule has 0 spiro atoms. The van der Waals surface area contributed by atoms with Crippen LogP contribution in [0.1, 0.15) is 15.9 Å². The lowest BCUT2D eigenvalue weighted by atomic mass is 9.92. The largest absolute Gasteiger partial charge is 0.478 e. The molecule has 0 saturated heterocycles. The lowest BCUT2D eigenvalue weighted by molar-refractivity contribution is 0.0697. The van der Waals surface area contributed by atoms with Crippen molar-refractivity contribution in [3.8, 4) is 11.1 Å². The summed E-state index contributed by atoms with van der Waals surface area (Å²) in [5.74, 6) is -1.12. The number of carbonyl (C=O) groups is 1. The van der Waals surface area contributed by atoms with Crippen LogP contribution in [0.2, 0.25) is 0 Å². The number of nitrogens with one attached hydrogen (secondary N) is 1. The van der Waals surface area contributed by atoms with Crippen LogP contribution >= 0.6 is 0 Å². The molecule has 3 aromatic carbocycles. The molecule has 0 unspecified atom stereocenters. The molecule has 33 heavy (non-hydrogen) atoms. The summed E-state index contributed by atoms with van der Waals surface area (Å²) in [6.07, 6.45) is 2.54. The van der Waals surface area contributed by atoms with E-state index in [-0.39, 0.29) is 38.4 Å². The summed E-state index contributed by atoms with van der Waals surface area (Å²) in [4.78, 5) is 46.8. The molecule has 0 radical (unpaired) electrons. The van der Waals surface area contributed by atoms with Gasteiger partial charge < -0.3 is 14.4 Å². The van der Waals surface area contributed by atoms with Gasteiger partial charge in [0.25, 0.3) is 0 Å². The van der Waals surface area contributed by atoms with E-state index in [4.69, 9.17) is 14.1 Å². The third-order valence-electron chi connectivity index (χ3n) is 5.09. The van der Waals surface area contributed by atoms with Crippen LogP contribution in [0.5, 0.6) is 0 Å². The average Bonchev–Trinajstić information content (AvgIpc) is 2.81. The molecule has 166 valence electrons. The molecule has 0 aliphatic rings. The molecule has 0 bridgehead atoms. The number of oxime groups is 1. The first-order valence-corrected chi connectivity index (χ1v) is 9.72. The zero-order chi connectivity index (χ0) is 23.5. The third kappa shape index (κ3) is 3.81. The second-order valence-electron chi connectivity index (χ2n) is 6.92. The molecule has 2 N–H and O–H groups in total. The lowest BCUT2D eigenvalue weighted by Crippen LogP contribution is -2.27. The molecule has 0 aliphatic carbocycles. The molecule has 9 heteroatoms. The van der Waals surface area contributed by atoms with Gasteiger partial charge in [-0.2, -0.15) is 0 Å². The van der Waals surface area contributed by atoms with Gasteiger partial charge in [-0.05, 0) is 35.9 Å². The SMILES string of the molecule is CO/N=C/c1c(=O)ccc2c(-c3ccccc3C(=O)O)c3ccc(=O)c(=CNOC)c3oc12. The van der Waals surface area contributed by atoms with Gasteiger partial charge in [0.2, 0.25) is 0 Å². The molecular weight excluding hydrogens is 428 g/mol. The smallest absolute Gasteiger partial charge is 0.336 e. The Morgan fingerprint density at radius 1 is 1.00 bits per heavy atom. The quantitative estimate of drug-likeness (QED) is 0.262. The van der Waals surface area contributed by atoms with E-state index in [1.807, 2.05) is 0 Å². The van der Waals surface area contributed by atoms with Gasteiger partial charge in [-0.15, -0.1) is 0 Å². The second kappa shape index (κ2) is 8.93. The summed E-state index contributed by atoms with van der Waals surface area (Å²) in [5, 5.41) is 14.6. The van der Waals surface area contributed by atoms with Gasteiger partial charge >= 0.3 is 5.97 Å². The summed E-state index contributed by atoms with van der Waals surface area (Å²) >= 11 is 0. The highest BCUT2D eigenvalue weighted by Crippen LogP contribution is 2.37. The minimum atomic E-state index is -1.12. The van der Waals surface area contributed by atoms with Crippen molar-refractivity contribution in [3.05, 3.63) is 85.3 Å². The van der Waals surface area contributed by atoms with Gasteiger partial charge in [-0.1, -0.05) is 23.4 Å². The minimum absolute atomic E-state index is 0.0522. The first-order valence-electron chi connectivity index (χ1n) is 9.72. The minimum Gasteiger partial charge on any atom is -0.478 e. The Labute approximate surface area is 186 Å². The Bertz CT molecular complexity index is 1590. The van der Waals surface area contributed by atoms with E-state index < -0.39 is 5.97 Å². The molecule has 0 saturated carbocycles. The molecule has 0 atom stereocenters. The maximum absolute atomic E-state index is 12.6. The van der Waals surface area contributed by atoms with E-state index >= 15 is 0 Å². The fourth-order valence-corrected chi connectivity index (χ4v) is 3.68. The van der Waals surface area contributed by atoms with Crippen LogP contribution in [0.25, 0.3) is 39.3 Å². The van der Waals surface area contributed by atoms with E-state index in [1.54, 1.807) is 30.3 Å². The molecule has 4 rings (SSSR count). The summed E-state index contributed by atoms with van der Waals surface area (Å²) in [5.41, 5.74) is 3.06. The standard InChI is InChI=1S/C24H18N2O7/c1-31-25-11-17-19(27)9-7-15-21(13-5-3-4-6-14(13)24(29)30)16-8-10-20(28)18(12-26-32-2)23(16)33-22(15)17/h3-12,25H,1-2H3,(H,29,30)/b17-11?,26-12+. The highest BCUT2D eigenvalue weighted by atomic mass is 16.6. The first kappa shape index (κ1) is 21.7. The van der Waals surface area contributed by atoms with E-state index in [0.717, 1.165) is 0 Å². The fourth-order valence-electron chi connectivity index (χ4n) is 3.68. The third-order valence-corrected chi connectivity index (χ3v) is 5.09. The van der Waals surface area contributed by atoms with Crippen LogP contribution < -0.4 is 21.6 Å². The topological polar surface area (TPSA) is 127 Å². The van der Waals surface area contributed by atoms with Gasteiger partial charge in [0.15, 0.2) is 10.9 Å². The number of aromatic carboxylic acids is 1. The first-order chi connectivity index (χ1) is 16.0. The number of hydrogen-bond acceptors (Lipinski definition) is 8. The molecule has 1 aromatic heterocycles. The van der Waals surface area contributed by atoms with Crippen LogP contribution in [0.3, 0.4) is 0 Å².